The highest BCUT2D eigenvalue weighted by molar-refractivity contribution is 7.51. The number of aromatic amines is 1. The molecule has 0 saturated heterocycles. The number of hydrogen-bond acceptors (Lipinski definition) is 6. The van der Waals surface area contributed by atoms with Gasteiger partial charge in [0.25, 0.3) is 0 Å². The first-order valence-electron chi connectivity index (χ1n) is 6.63. The van der Waals surface area contributed by atoms with Crippen LogP contribution in [-0.2, 0) is 4.57 Å². The van der Waals surface area contributed by atoms with Crippen molar-refractivity contribution in [2.75, 3.05) is 13.4 Å². The van der Waals surface area contributed by atoms with Gasteiger partial charge in [0.2, 0.25) is 0 Å². The predicted octanol–water partition coefficient (Wildman–Crippen LogP) is 0.416. The van der Waals surface area contributed by atoms with Crippen molar-refractivity contribution in [2.24, 2.45) is 0 Å². The standard InChI is InChI=1S/C13H16N5O4P/c1-22-12-8-3-2-5-10(12)6-4-7-11(13-15-17-18-16-13)14-9-23(19,20)21/h2-3,5,8,11,14H,7,9H2,1H3,(H2,19,20,21)(H,15,16,17,18)/t11-/m0/s1. The highest BCUT2D eigenvalue weighted by Crippen LogP contribution is 2.33. The molecule has 10 heteroatoms. The molecule has 9 nitrogen and oxygen atoms in total. The van der Waals surface area contributed by atoms with E-state index in [1.807, 2.05) is 18.2 Å². The van der Waals surface area contributed by atoms with Gasteiger partial charge in [-0.2, -0.15) is 5.21 Å². The van der Waals surface area contributed by atoms with Crippen LogP contribution in [0.25, 0.3) is 0 Å². The third kappa shape index (κ3) is 5.47. The van der Waals surface area contributed by atoms with Crippen molar-refractivity contribution in [3.63, 3.8) is 0 Å². The second-order valence-electron chi connectivity index (χ2n) is 4.56. The Labute approximate surface area is 132 Å². The second-order valence-corrected chi connectivity index (χ2v) is 6.20. The van der Waals surface area contributed by atoms with Gasteiger partial charge in [-0.05, 0) is 12.1 Å². The maximum Gasteiger partial charge on any atom is 0.339 e. The number of hydrogen-bond donors (Lipinski definition) is 4. The molecule has 122 valence electrons. The van der Waals surface area contributed by atoms with Crippen LogP contribution >= 0.6 is 7.60 Å². The first-order chi connectivity index (χ1) is 11.0. The van der Waals surface area contributed by atoms with E-state index in [-0.39, 0.29) is 12.2 Å². The van der Waals surface area contributed by atoms with Crippen LogP contribution < -0.4 is 10.1 Å². The Bertz CT molecular complexity index is 734. The van der Waals surface area contributed by atoms with Crippen LogP contribution in [0.4, 0.5) is 0 Å². The van der Waals surface area contributed by atoms with Gasteiger partial charge in [0.15, 0.2) is 5.82 Å². The minimum atomic E-state index is -4.19. The summed E-state index contributed by atoms with van der Waals surface area (Å²) in [5, 5.41) is 16.1. The van der Waals surface area contributed by atoms with Crippen molar-refractivity contribution in [3.05, 3.63) is 35.7 Å². The molecule has 0 radical (unpaired) electrons. The molecular formula is C13H16N5O4P. The van der Waals surface area contributed by atoms with Gasteiger partial charge >= 0.3 is 7.60 Å². The van der Waals surface area contributed by atoms with Crippen molar-refractivity contribution in [1.82, 2.24) is 25.9 Å². The molecule has 2 aromatic rings. The van der Waals surface area contributed by atoms with Crippen LogP contribution in [0.1, 0.15) is 23.9 Å². The molecule has 0 bridgehead atoms. The molecule has 0 saturated carbocycles. The van der Waals surface area contributed by atoms with E-state index in [9.17, 15) is 4.57 Å². The van der Waals surface area contributed by atoms with Gasteiger partial charge in [-0.1, -0.05) is 29.2 Å². The van der Waals surface area contributed by atoms with E-state index in [1.54, 1.807) is 13.2 Å². The van der Waals surface area contributed by atoms with Crippen molar-refractivity contribution >= 4 is 7.60 Å². The van der Waals surface area contributed by atoms with E-state index in [2.05, 4.69) is 37.8 Å². The Kier molecular flexibility index (Phi) is 5.84. The van der Waals surface area contributed by atoms with E-state index < -0.39 is 19.9 Å². The number of benzene rings is 1. The minimum absolute atomic E-state index is 0.248. The van der Waals surface area contributed by atoms with Gasteiger partial charge in [-0.15, -0.1) is 10.2 Å². The fourth-order valence-electron chi connectivity index (χ4n) is 1.80. The van der Waals surface area contributed by atoms with Gasteiger partial charge in [0, 0.05) is 6.42 Å². The Morgan fingerprint density at radius 3 is 2.87 bits per heavy atom. The predicted molar refractivity (Wildman–Crippen MR) is 81.5 cm³/mol. The fraction of sp³-hybridized carbons (Fsp3) is 0.308. The average Bonchev–Trinajstić information content (AvgIpc) is 3.04. The molecule has 0 aliphatic heterocycles. The van der Waals surface area contributed by atoms with E-state index in [0.29, 0.717) is 5.75 Å². The third-order valence-electron chi connectivity index (χ3n) is 2.85. The van der Waals surface area contributed by atoms with Crippen LogP contribution in [0.15, 0.2) is 24.3 Å². The molecule has 0 amide bonds. The van der Waals surface area contributed by atoms with Crippen molar-refractivity contribution in [1.29, 1.82) is 0 Å². The quantitative estimate of drug-likeness (QED) is 0.440. The zero-order valence-corrected chi connectivity index (χ0v) is 13.2. The van der Waals surface area contributed by atoms with Gasteiger partial charge in [-0.3, -0.25) is 9.88 Å². The van der Waals surface area contributed by atoms with Crippen LogP contribution in [-0.4, -0.2) is 43.8 Å². The SMILES string of the molecule is COc1ccccc1C#CC[C@H](NCP(=O)(O)O)c1nn[nH]n1. The molecular weight excluding hydrogens is 321 g/mol. The monoisotopic (exact) mass is 337 g/mol. The van der Waals surface area contributed by atoms with Crippen molar-refractivity contribution in [3.8, 4) is 17.6 Å². The Morgan fingerprint density at radius 2 is 2.22 bits per heavy atom. The first-order valence-corrected chi connectivity index (χ1v) is 8.42. The van der Waals surface area contributed by atoms with Gasteiger partial charge in [0.1, 0.15) is 5.75 Å². The van der Waals surface area contributed by atoms with E-state index in [0.717, 1.165) is 5.56 Å². The van der Waals surface area contributed by atoms with Crippen molar-refractivity contribution in [2.45, 2.75) is 12.5 Å². The summed E-state index contributed by atoms with van der Waals surface area (Å²) in [6, 6.07) is 6.75. The molecule has 0 spiro atoms. The summed E-state index contributed by atoms with van der Waals surface area (Å²) >= 11 is 0. The molecule has 1 aromatic carbocycles. The van der Waals surface area contributed by atoms with Crippen LogP contribution in [0.3, 0.4) is 0 Å². The topological polar surface area (TPSA) is 133 Å². The Hall–Kier alpha value is -2.24. The third-order valence-corrected chi connectivity index (χ3v) is 3.45. The highest BCUT2D eigenvalue weighted by Gasteiger charge is 2.20. The summed E-state index contributed by atoms with van der Waals surface area (Å²) in [4.78, 5) is 17.9. The number of nitrogens with zero attached hydrogens (tertiary/aromatic N) is 3. The number of nitrogens with one attached hydrogen (secondary N) is 2. The molecule has 1 aromatic heterocycles. The fourth-order valence-corrected chi connectivity index (χ4v) is 2.26. The summed E-state index contributed by atoms with van der Waals surface area (Å²) in [7, 11) is -2.63. The lowest BCUT2D eigenvalue weighted by Crippen LogP contribution is -2.23. The molecule has 1 atom stereocenters. The first kappa shape index (κ1) is 17.1. The van der Waals surface area contributed by atoms with Crippen LogP contribution in [0, 0.1) is 11.8 Å². The lowest BCUT2D eigenvalue weighted by molar-refractivity contribution is 0.362. The number of ether oxygens (including phenoxy) is 1. The maximum atomic E-state index is 11.0. The maximum absolute atomic E-state index is 11.0. The van der Waals surface area contributed by atoms with E-state index in [4.69, 9.17) is 14.5 Å². The summed E-state index contributed by atoms with van der Waals surface area (Å²) < 4.78 is 16.2. The molecule has 4 N–H and O–H groups in total. The minimum Gasteiger partial charge on any atom is -0.495 e. The van der Waals surface area contributed by atoms with Crippen LogP contribution in [0.5, 0.6) is 5.75 Å². The number of para-hydroxylation sites is 1. The Morgan fingerprint density at radius 1 is 1.43 bits per heavy atom. The lowest BCUT2D eigenvalue weighted by Gasteiger charge is -2.13. The number of rotatable bonds is 6. The summed E-state index contributed by atoms with van der Waals surface area (Å²) in [5.41, 5.74) is 0.719. The summed E-state index contributed by atoms with van der Waals surface area (Å²) in [6.07, 6.45) is -0.250. The van der Waals surface area contributed by atoms with Gasteiger partial charge < -0.3 is 14.5 Å². The molecule has 0 aliphatic carbocycles. The smallest absolute Gasteiger partial charge is 0.339 e. The van der Waals surface area contributed by atoms with Gasteiger partial charge in [0.05, 0.1) is 25.0 Å². The largest absolute Gasteiger partial charge is 0.495 e. The van der Waals surface area contributed by atoms with E-state index >= 15 is 0 Å². The lowest BCUT2D eigenvalue weighted by atomic mass is 10.1. The zero-order valence-electron chi connectivity index (χ0n) is 12.3. The number of aromatic nitrogens is 4. The second kappa shape index (κ2) is 7.85. The van der Waals surface area contributed by atoms with Crippen LogP contribution in [0.2, 0.25) is 0 Å². The average molecular weight is 337 g/mol. The Balaban J connectivity index is 2.10. The molecule has 0 aliphatic rings. The van der Waals surface area contributed by atoms with Gasteiger partial charge in [-0.25, -0.2) is 0 Å². The molecule has 1 heterocycles. The molecule has 0 fully saturated rings. The molecule has 0 unspecified atom stereocenters. The number of H-pyrrole nitrogens is 1. The number of methoxy groups -OCH3 is 1. The zero-order chi connectivity index (χ0) is 16.7. The summed E-state index contributed by atoms with van der Waals surface area (Å²) in [5.74, 6) is 6.83. The van der Waals surface area contributed by atoms with E-state index in [1.165, 1.54) is 0 Å². The molecule has 23 heavy (non-hydrogen) atoms. The highest BCUT2D eigenvalue weighted by atomic mass is 31.2. The molecule has 2 rings (SSSR count). The van der Waals surface area contributed by atoms with Crippen molar-refractivity contribution < 1.29 is 19.1 Å². The summed E-state index contributed by atoms with van der Waals surface area (Å²) in [6.45, 7) is 0. The number of tetrazole rings is 1. The normalized spacial score (nSPS) is 12.3.